The molecule has 0 radical (unpaired) electrons. The molecule has 5 heteroatoms. The van der Waals surface area contributed by atoms with Gasteiger partial charge in [0.1, 0.15) is 5.69 Å². The highest BCUT2D eigenvalue weighted by Gasteiger charge is 1.99. The molecule has 1 aromatic rings. The van der Waals surface area contributed by atoms with Crippen molar-refractivity contribution in [3.05, 3.63) is 21.9 Å². The molecule has 0 bridgehead atoms. The number of pyridine rings is 1. The molecule has 0 spiro atoms. The molecule has 3 nitrogen and oxygen atoms in total. The maximum absolute atomic E-state index is 9.84. The third kappa shape index (κ3) is 2.12. The van der Waals surface area contributed by atoms with E-state index in [1.165, 1.54) is 12.3 Å². The van der Waals surface area contributed by atoms with Crippen LogP contribution in [0, 0.1) is 0 Å². The zero-order chi connectivity index (χ0) is 8.27. The maximum Gasteiger partial charge on any atom is 0.240 e. The van der Waals surface area contributed by atoms with Crippen LogP contribution in [0.3, 0.4) is 0 Å². The Morgan fingerprint density at radius 2 is 2.45 bits per heavy atom. The van der Waals surface area contributed by atoms with Crippen molar-refractivity contribution in [1.29, 1.82) is 0 Å². The van der Waals surface area contributed by atoms with Crippen LogP contribution in [0.15, 0.2) is 21.7 Å². The first-order valence-corrected chi connectivity index (χ1v) is 3.80. The van der Waals surface area contributed by atoms with Gasteiger partial charge in [-0.3, -0.25) is 0 Å². The van der Waals surface area contributed by atoms with Crippen molar-refractivity contribution in [3.63, 3.8) is 0 Å². The van der Waals surface area contributed by atoms with E-state index in [9.17, 15) is 4.79 Å². The smallest absolute Gasteiger partial charge is 0.240 e. The summed E-state index contributed by atoms with van der Waals surface area (Å²) in [4.78, 5) is 16.9. The predicted octanol–water partition coefficient (Wildman–Crippen LogP) is 2.46. The van der Waals surface area contributed by atoms with E-state index >= 15 is 0 Å². The Labute approximate surface area is 76.2 Å². The van der Waals surface area contributed by atoms with Gasteiger partial charge < -0.3 is 0 Å². The van der Waals surface area contributed by atoms with E-state index in [1.807, 2.05) is 0 Å². The zero-order valence-electron chi connectivity index (χ0n) is 5.21. The van der Waals surface area contributed by atoms with Gasteiger partial charge in [0.25, 0.3) is 0 Å². The average Bonchev–Trinajstić information content (AvgIpc) is 1.98. The molecule has 1 heterocycles. The molecule has 0 N–H and O–H groups in total. The van der Waals surface area contributed by atoms with E-state index in [-0.39, 0.29) is 5.15 Å². The minimum Gasteiger partial charge on any atom is -0.241 e. The number of isocyanates is 1. The summed E-state index contributed by atoms with van der Waals surface area (Å²) in [5, 5.41) is 0.191. The van der Waals surface area contributed by atoms with Crippen molar-refractivity contribution in [2.45, 2.75) is 0 Å². The molecular formula is C6H2BrClN2O. The van der Waals surface area contributed by atoms with Crippen LogP contribution < -0.4 is 0 Å². The summed E-state index contributed by atoms with van der Waals surface area (Å²) >= 11 is 8.73. The molecule has 56 valence electrons. The third-order valence-electron chi connectivity index (χ3n) is 0.953. The summed E-state index contributed by atoms with van der Waals surface area (Å²) in [6.45, 7) is 0. The van der Waals surface area contributed by atoms with Crippen LogP contribution in [0.4, 0.5) is 5.69 Å². The molecular weight excluding hydrogens is 231 g/mol. The molecule has 1 aromatic heterocycles. The van der Waals surface area contributed by atoms with Crippen molar-refractivity contribution in [1.82, 2.24) is 4.98 Å². The van der Waals surface area contributed by atoms with E-state index in [4.69, 9.17) is 11.6 Å². The monoisotopic (exact) mass is 232 g/mol. The highest BCUT2D eigenvalue weighted by Crippen LogP contribution is 2.24. The first-order valence-electron chi connectivity index (χ1n) is 2.63. The molecule has 0 unspecified atom stereocenters. The number of nitrogens with zero attached hydrogens (tertiary/aromatic N) is 2. The van der Waals surface area contributed by atoms with Gasteiger partial charge in [-0.1, -0.05) is 11.6 Å². The molecule has 0 aliphatic heterocycles. The Kier molecular flexibility index (Phi) is 2.76. The molecule has 0 aromatic carbocycles. The Morgan fingerprint density at radius 1 is 1.73 bits per heavy atom. The molecule has 0 amide bonds. The maximum atomic E-state index is 9.84. The van der Waals surface area contributed by atoms with Crippen molar-refractivity contribution in [2.75, 3.05) is 0 Å². The Morgan fingerprint density at radius 3 is 3.09 bits per heavy atom. The second kappa shape index (κ2) is 3.62. The number of carbonyl (C=O) groups excluding carboxylic acids is 1. The van der Waals surface area contributed by atoms with Crippen molar-refractivity contribution >= 4 is 39.3 Å². The van der Waals surface area contributed by atoms with Gasteiger partial charge in [-0.2, -0.15) is 4.99 Å². The lowest BCUT2D eigenvalue weighted by Crippen LogP contribution is -1.75. The number of halogens is 2. The predicted molar refractivity (Wildman–Crippen MR) is 44.7 cm³/mol. The fraction of sp³-hybridized carbons (Fsp3) is 0. The van der Waals surface area contributed by atoms with Crippen LogP contribution in [0.5, 0.6) is 0 Å². The summed E-state index contributed by atoms with van der Waals surface area (Å²) in [5.41, 5.74) is 0.316. The minimum absolute atomic E-state index is 0.191. The van der Waals surface area contributed by atoms with Crippen LogP contribution >= 0.6 is 27.5 Å². The highest BCUT2D eigenvalue weighted by atomic mass is 79.9. The summed E-state index contributed by atoms with van der Waals surface area (Å²) < 4.78 is 0.718. The van der Waals surface area contributed by atoms with E-state index in [0.717, 1.165) is 4.47 Å². The van der Waals surface area contributed by atoms with E-state index in [2.05, 4.69) is 25.9 Å². The molecule has 11 heavy (non-hydrogen) atoms. The summed E-state index contributed by atoms with van der Waals surface area (Å²) in [5.74, 6) is 0. The summed E-state index contributed by atoms with van der Waals surface area (Å²) in [6, 6.07) is 1.58. The van der Waals surface area contributed by atoms with E-state index in [1.54, 1.807) is 6.07 Å². The van der Waals surface area contributed by atoms with Crippen molar-refractivity contribution in [2.24, 2.45) is 4.99 Å². The van der Waals surface area contributed by atoms with Gasteiger partial charge >= 0.3 is 0 Å². The second-order valence-corrected chi connectivity index (χ2v) is 2.94. The van der Waals surface area contributed by atoms with Gasteiger partial charge in [0.15, 0.2) is 5.15 Å². The molecule has 0 saturated heterocycles. The number of aliphatic imine (C=N–C) groups is 1. The number of hydrogen-bond donors (Lipinski definition) is 0. The average molecular weight is 233 g/mol. The molecule has 0 fully saturated rings. The molecule has 0 aliphatic carbocycles. The zero-order valence-corrected chi connectivity index (χ0v) is 7.56. The van der Waals surface area contributed by atoms with Crippen LogP contribution in [-0.2, 0) is 4.79 Å². The molecule has 1 rings (SSSR count). The van der Waals surface area contributed by atoms with Crippen molar-refractivity contribution < 1.29 is 4.79 Å². The van der Waals surface area contributed by atoms with E-state index in [0.29, 0.717) is 5.69 Å². The third-order valence-corrected chi connectivity index (χ3v) is 1.68. The lowest BCUT2D eigenvalue weighted by molar-refractivity contribution is 0.565. The number of rotatable bonds is 1. The Balaban J connectivity index is 3.22. The number of aromatic nitrogens is 1. The van der Waals surface area contributed by atoms with Gasteiger partial charge in [0, 0.05) is 10.7 Å². The lowest BCUT2D eigenvalue weighted by Gasteiger charge is -1.93. The Bertz CT molecular complexity index is 322. The number of hydrogen-bond acceptors (Lipinski definition) is 3. The van der Waals surface area contributed by atoms with Crippen molar-refractivity contribution in [3.8, 4) is 0 Å². The lowest BCUT2D eigenvalue weighted by atomic mass is 10.4. The first kappa shape index (κ1) is 8.40. The minimum atomic E-state index is 0.191. The molecule has 0 aliphatic rings. The topological polar surface area (TPSA) is 42.3 Å². The highest BCUT2D eigenvalue weighted by molar-refractivity contribution is 9.10. The van der Waals surface area contributed by atoms with Gasteiger partial charge in [-0.05, 0) is 22.0 Å². The van der Waals surface area contributed by atoms with Crippen LogP contribution in [0.2, 0.25) is 5.15 Å². The standard InChI is InChI=1S/C6H2BrClN2O/c7-4-1-5(10-3-11)6(8)9-2-4/h1-2H. The van der Waals surface area contributed by atoms with E-state index < -0.39 is 0 Å². The van der Waals surface area contributed by atoms with Gasteiger partial charge in [0.05, 0.1) is 0 Å². The SMILES string of the molecule is O=C=Nc1cc(Br)cnc1Cl. The summed E-state index contributed by atoms with van der Waals surface area (Å²) in [7, 11) is 0. The normalized spacial score (nSPS) is 8.91. The molecule has 0 atom stereocenters. The largest absolute Gasteiger partial charge is 0.241 e. The quantitative estimate of drug-likeness (QED) is 0.425. The Hall–Kier alpha value is -0.700. The fourth-order valence-corrected chi connectivity index (χ4v) is 1.00. The van der Waals surface area contributed by atoms with Crippen LogP contribution in [-0.4, -0.2) is 11.1 Å². The van der Waals surface area contributed by atoms with Gasteiger partial charge in [-0.15, -0.1) is 0 Å². The molecule has 0 saturated carbocycles. The van der Waals surface area contributed by atoms with Gasteiger partial charge in [0.2, 0.25) is 6.08 Å². The van der Waals surface area contributed by atoms with Crippen LogP contribution in [0.1, 0.15) is 0 Å². The summed E-state index contributed by atoms with van der Waals surface area (Å²) in [6.07, 6.45) is 2.90. The van der Waals surface area contributed by atoms with Crippen LogP contribution in [0.25, 0.3) is 0 Å². The van der Waals surface area contributed by atoms with Gasteiger partial charge in [-0.25, -0.2) is 9.78 Å². The second-order valence-electron chi connectivity index (χ2n) is 1.67. The fourth-order valence-electron chi connectivity index (χ4n) is 0.539. The first-order chi connectivity index (χ1) is 5.24.